The molecule has 144 valence electrons. The smallest absolute Gasteiger partial charge is 0.317 e. The Morgan fingerprint density at radius 3 is 2.11 bits per heavy atom. The highest BCUT2D eigenvalue weighted by Crippen LogP contribution is 2.27. The number of nitrogens with one attached hydrogen (secondary N) is 1. The van der Waals surface area contributed by atoms with Crippen LogP contribution in [0.25, 0.3) is 0 Å². The predicted molar refractivity (Wildman–Crippen MR) is 109 cm³/mol. The Hall–Kier alpha value is -2.33. The van der Waals surface area contributed by atoms with Gasteiger partial charge in [-0.15, -0.1) is 0 Å². The Morgan fingerprint density at radius 1 is 1.04 bits per heavy atom. The van der Waals surface area contributed by atoms with Gasteiger partial charge in [0.1, 0.15) is 0 Å². The molecule has 0 bridgehead atoms. The van der Waals surface area contributed by atoms with Crippen LogP contribution in [0.15, 0.2) is 60.7 Å². The molecule has 0 radical (unpaired) electrons. The fraction of sp³-hybridized carbons (Fsp3) is 0.435. The lowest BCUT2D eigenvalue weighted by Crippen LogP contribution is -2.46. The SMILES string of the molecule is CCOC1CCN(C(=O)NCCC(c2ccccc2)c2ccccc2)CC1. The van der Waals surface area contributed by atoms with Gasteiger partial charge in [0.2, 0.25) is 0 Å². The largest absolute Gasteiger partial charge is 0.378 e. The van der Waals surface area contributed by atoms with E-state index in [-0.39, 0.29) is 11.9 Å². The molecule has 2 aromatic rings. The fourth-order valence-electron chi connectivity index (χ4n) is 3.79. The maximum atomic E-state index is 12.5. The maximum absolute atomic E-state index is 12.5. The van der Waals surface area contributed by atoms with E-state index in [9.17, 15) is 4.79 Å². The van der Waals surface area contributed by atoms with E-state index in [1.54, 1.807) is 0 Å². The molecular weight excluding hydrogens is 336 g/mol. The first-order chi connectivity index (χ1) is 13.3. The summed E-state index contributed by atoms with van der Waals surface area (Å²) in [4.78, 5) is 14.4. The van der Waals surface area contributed by atoms with Crippen LogP contribution < -0.4 is 5.32 Å². The predicted octanol–water partition coefficient (Wildman–Crippen LogP) is 4.42. The van der Waals surface area contributed by atoms with Crippen molar-refractivity contribution < 1.29 is 9.53 Å². The number of carbonyl (C=O) groups excluding carboxylic acids is 1. The van der Waals surface area contributed by atoms with Gasteiger partial charge < -0.3 is 15.0 Å². The first kappa shape index (κ1) is 19.4. The highest BCUT2D eigenvalue weighted by Gasteiger charge is 2.23. The number of rotatable bonds is 7. The Kier molecular flexibility index (Phi) is 7.28. The summed E-state index contributed by atoms with van der Waals surface area (Å²) in [5, 5.41) is 3.12. The minimum atomic E-state index is 0.0461. The topological polar surface area (TPSA) is 41.6 Å². The molecule has 2 amide bonds. The van der Waals surface area contributed by atoms with Crippen molar-refractivity contribution in [3.8, 4) is 0 Å². The van der Waals surface area contributed by atoms with Crippen LogP contribution in [0.2, 0.25) is 0 Å². The monoisotopic (exact) mass is 366 g/mol. The number of hydrogen-bond acceptors (Lipinski definition) is 2. The van der Waals surface area contributed by atoms with Gasteiger partial charge in [-0.1, -0.05) is 60.7 Å². The summed E-state index contributed by atoms with van der Waals surface area (Å²) in [7, 11) is 0. The average molecular weight is 367 g/mol. The van der Waals surface area contributed by atoms with Gasteiger partial charge in [0.05, 0.1) is 6.10 Å². The van der Waals surface area contributed by atoms with Gasteiger partial charge in [-0.05, 0) is 37.3 Å². The molecule has 0 spiro atoms. The molecule has 27 heavy (non-hydrogen) atoms. The molecule has 3 rings (SSSR count). The van der Waals surface area contributed by atoms with Crippen molar-refractivity contribution >= 4 is 6.03 Å². The molecule has 1 fully saturated rings. The van der Waals surface area contributed by atoms with Crippen LogP contribution in [0.5, 0.6) is 0 Å². The first-order valence-corrected chi connectivity index (χ1v) is 10.0. The molecule has 0 saturated carbocycles. The van der Waals surface area contributed by atoms with Crippen LogP contribution in [0, 0.1) is 0 Å². The third-order valence-corrected chi connectivity index (χ3v) is 5.24. The second-order valence-corrected chi connectivity index (χ2v) is 7.04. The molecule has 1 N–H and O–H groups in total. The van der Waals surface area contributed by atoms with Crippen molar-refractivity contribution in [2.75, 3.05) is 26.2 Å². The summed E-state index contributed by atoms with van der Waals surface area (Å²) >= 11 is 0. The highest BCUT2D eigenvalue weighted by atomic mass is 16.5. The fourth-order valence-corrected chi connectivity index (χ4v) is 3.79. The number of nitrogens with zero attached hydrogens (tertiary/aromatic N) is 1. The van der Waals surface area contributed by atoms with Gasteiger partial charge in [-0.2, -0.15) is 0 Å². The third-order valence-electron chi connectivity index (χ3n) is 5.24. The Bertz CT molecular complexity index is 643. The Morgan fingerprint density at radius 2 is 1.59 bits per heavy atom. The normalized spacial score (nSPS) is 15.1. The highest BCUT2D eigenvalue weighted by molar-refractivity contribution is 5.74. The number of piperidine rings is 1. The van der Waals surface area contributed by atoms with Crippen molar-refractivity contribution in [2.24, 2.45) is 0 Å². The van der Waals surface area contributed by atoms with Crippen molar-refractivity contribution in [3.05, 3.63) is 71.8 Å². The van der Waals surface area contributed by atoms with Crippen molar-refractivity contribution in [1.82, 2.24) is 10.2 Å². The maximum Gasteiger partial charge on any atom is 0.317 e. The van der Waals surface area contributed by atoms with Gasteiger partial charge in [-0.3, -0.25) is 0 Å². The molecular formula is C23H30N2O2. The van der Waals surface area contributed by atoms with E-state index >= 15 is 0 Å². The zero-order valence-corrected chi connectivity index (χ0v) is 16.1. The van der Waals surface area contributed by atoms with Crippen molar-refractivity contribution in [1.29, 1.82) is 0 Å². The summed E-state index contributed by atoms with van der Waals surface area (Å²) in [6.45, 7) is 4.99. The van der Waals surface area contributed by atoms with E-state index in [0.29, 0.717) is 12.6 Å². The minimum Gasteiger partial charge on any atom is -0.378 e. The number of ether oxygens (including phenoxy) is 1. The van der Waals surface area contributed by atoms with Crippen molar-refractivity contribution in [2.45, 2.75) is 38.2 Å². The number of carbonyl (C=O) groups is 1. The Labute approximate surface area is 162 Å². The molecule has 2 aromatic carbocycles. The lowest BCUT2D eigenvalue weighted by Gasteiger charge is -2.32. The first-order valence-electron chi connectivity index (χ1n) is 10.0. The second-order valence-electron chi connectivity index (χ2n) is 7.04. The summed E-state index contributed by atoms with van der Waals surface area (Å²) in [5.74, 6) is 0.288. The zero-order chi connectivity index (χ0) is 18.9. The molecule has 1 heterocycles. The van der Waals surface area contributed by atoms with Crippen molar-refractivity contribution in [3.63, 3.8) is 0 Å². The number of likely N-dealkylation sites (tertiary alicyclic amines) is 1. The average Bonchev–Trinajstić information content (AvgIpc) is 2.73. The molecule has 0 atom stereocenters. The second kappa shape index (κ2) is 10.1. The van der Waals surface area contributed by atoms with Crippen LogP contribution in [0.1, 0.15) is 43.2 Å². The van der Waals surface area contributed by atoms with Gasteiger partial charge in [0.15, 0.2) is 0 Å². The molecule has 1 aliphatic rings. The quantitative estimate of drug-likeness (QED) is 0.788. The van der Waals surface area contributed by atoms with E-state index in [4.69, 9.17) is 4.74 Å². The molecule has 0 unspecified atom stereocenters. The number of amides is 2. The van der Waals surface area contributed by atoms with E-state index in [1.165, 1.54) is 11.1 Å². The summed E-state index contributed by atoms with van der Waals surface area (Å²) < 4.78 is 5.66. The molecule has 4 nitrogen and oxygen atoms in total. The van der Waals surface area contributed by atoms with Gasteiger partial charge in [-0.25, -0.2) is 4.79 Å². The van der Waals surface area contributed by atoms with Crippen LogP contribution in [0.4, 0.5) is 4.79 Å². The lowest BCUT2D eigenvalue weighted by molar-refractivity contribution is 0.0220. The minimum absolute atomic E-state index is 0.0461. The summed E-state index contributed by atoms with van der Waals surface area (Å²) in [6, 6.07) is 21.1. The van der Waals surface area contributed by atoms with Crippen LogP contribution in [-0.4, -0.2) is 43.3 Å². The van der Waals surface area contributed by atoms with Gasteiger partial charge >= 0.3 is 6.03 Å². The lowest BCUT2D eigenvalue weighted by atomic mass is 9.88. The van der Waals surface area contributed by atoms with E-state index < -0.39 is 0 Å². The molecule has 0 aliphatic carbocycles. The zero-order valence-electron chi connectivity index (χ0n) is 16.1. The van der Waals surface area contributed by atoms with Crippen LogP contribution in [0.3, 0.4) is 0 Å². The van der Waals surface area contributed by atoms with Crippen LogP contribution >= 0.6 is 0 Å². The molecule has 0 aromatic heterocycles. The molecule has 1 saturated heterocycles. The van der Waals surface area contributed by atoms with Crippen LogP contribution in [-0.2, 0) is 4.74 Å². The molecule has 1 aliphatic heterocycles. The number of benzene rings is 2. The summed E-state index contributed by atoms with van der Waals surface area (Å²) in [6.07, 6.45) is 3.05. The number of urea groups is 1. The summed E-state index contributed by atoms with van der Waals surface area (Å²) in [5.41, 5.74) is 2.57. The number of hydrogen-bond donors (Lipinski definition) is 1. The molecule has 4 heteroatoms. The third kappa shape index (κ3) is 5.57. The van der Waals surface area contributed by atoms with E-state index in [0.717, 1.165) is 39.0 Å². The van der Waals surface area contributed by atoms with Gasteiger partial charge in [0.25, 0.3) is 0 Å². The van der Waals surface area contributed by atoms with Gasteiger partial charge in [0, 0.05) is 32.2 Å². The standard InChI is InChI=1S/C23H30N2O2/c1-2-27-21-14-17-25(18-15-21)23(26)24-16-13-22(19-9-5-3-6-10-19)20-11-7-4-8-12-20/h3-12,21-22H,2,13-18H2,1H3,(H,24,26). The van der Waals surface area contributed by atoms with E-state index in [1.807, 2.05) is 24.0 Å². The van der Waals surface area contributed by atoms with E-state index in [2.05, 4.69) is 53.8 Å². The Balaban J connectivity index is 1.53.